The van der Waals surface area contributed by atoms with E-state index in [2.05, 4.69) is 19.2 Å². The van der Waals surface area contributed by atoms with Crippen molar-refractivity contribution in [1.29, 1.82) is 0 Å². The second kappa shape index (κ2) is 9.46. The summed E-state index contributed by atoms with van der Waals surface area (Å²) in [6.45, 7) is 0.850. The summed E-state index contributed by atoms with van der Waals surface area (Å²) in [7, 11) is -4.36. The van der Waals surface area contributed by atoms with Gasteiger partial charge in [-0.1, -0.05) is 23.7 Å². The Kier molecular flexibility index (Phi) is 6.28. The van der Waals surface area contributed by atoms with E-state index in [9.17, 15) is 27.1 Å². The first-order chi connectivity index (χ1) is 18.9. The van der Waals surface area contributed by atoms with Gasteiger partial charge in [-0.15, -0.1) is 8.78 Å². The molecule has 1 atom stereocenters. The molecule has 2 aromatic carbocycles. The third kappa shape index (κ3) is 5.11. The lowest BCUT2D eigenvalue weighted by atomic mass is 10.0. The third-order valence-electron chi connectivity index (χ3n) is 6.78. The number of aliphatic hydroxyl groups is 1. The summed E-state index contributed by atoms with van der Waals surface area (Å²) in [6.07, 6.45) is -3.31. The molecule has 14 heteroatoms. The summed E-state index contributed by atoms with van der Waals surface area (Å²) in [4.78, 5) is 19.2. The van der Waals surface area contributed by atoms with Gasteiger partial charge in [0.15, 0.2) is 22.1 Å². The number of carbonyl (C=O) groups excluding carboxylic acids is 1. The molecule has 3 aromatic rings. The van der Waals surface area contributed by atoms with Crippen molar-refractivity contribution in [2.24, 2.45) is 0 Å². The van der Waals surface area contributed by atoms with Crippen molar-refractivity contribution in [3.8, 4) is 28.4 Å². The Balaban J connectivity index is 1.23. The zero-order valence-electron chi connectivity index (χ0n) is 20.6. The van der Waals surface area contributed by atoms with E-state index in [0.29, 0.717) is 36.5 Å². The van der Waals surface area contributed by atoms with Crippen LogP contribution in [0.2, 0.25) is 5.02 Å². The molecule has 3 aliphatic rings. The summed E-state index contributed by atoms with van der Waals surface area (Å²) in [5.41, 5.74) is -0.661. The number of aromatic nitrogens is 1. The highest BCUT2D eigenvalue weighted by molar-refractivity contribution is 7.90. The van der Waals surface area contributed by atoms with Crippen LogP contribution in [-0.4, -0.2) is 55.5 Å². The number of hydrogen-bond acceptors (Lipinski definition) is 9. The minimum Gasteiger partial charge on any atom is -0.477 e. The fourth-order valence-corrected chi connectivity index (χ4v) is 5.75. The summed E-state index contributed by atoms with van der Waals surface area (Å²) >= 11 is 6.18. The van der Waals surface area contributed by atoms with Crippen LogP contribution >= 0.6 is 11.6 Å². The number of alkyl halides is 2. The Morgan fingerprint density at radius 1 is 1.12 bits per heavy atom. The molecular formula is C26H22ClF2N3O7S. The number of sulfonamides is 1. The van der Waals surface area contributed by atoms with Crippen LogP contribution in [0.4, 0.5) is 14.6 Å². The molecule has 0 unspecified atom stereocenters. The van der Waals surface area contributed by atoms with Crippen LogP contribution in [0.25, 0.3) is 11.1 Å². The van der Waals surface area contributed by atoms with E-state index in [-0.39, 0.29) is 40.1 Å². The quantitative estimate of drug-likeness (QED) is 0.421. The SMILES string of the molecule is O=C(NS(=O)(=O)c1cccc(N2CC[C@H](O)C2)n1)C1(Oc2cc(Cl)ccc2-c2ccc3c(c2)OC(F)(F)O3)CC1. The molecule has 6 rings (SSSR count). The van der Waals surface area contributed by atoms with Crippen molar-refractivity contribution in [3.05, 3.63) is 59.6 Å². The van der Waals surface area contributed by atoms with Gasteiger partial charge in [0.25, 0.3) is 15.9 Å². The Morgan fingerprint density at radius 2 is 1.90 bits per heavy atom. The Morgan fingerprint density at radius 3 is 2.62 bits per heavy atom. The molecule has 0 spiro atoms. The van der Waals surface area contributed by atoms with Gasteiger partial charge in [0.05, 0.1) is 6.10 Å². The first-order valence-electron chi connectivity index (χ1n) is 12.3. The number of fused-ring (bicyclic) bond motifs is 1. The lowest BCUT2D eigenvalue weighted by molar-refractivity contribution is -0.286. The average molecular weight is 594 g/mol. The summed E-state index contributed by atoms with van der Waals surface area (Å²) < 4.78 is 70.3. The average Bonchev–Trinajstić information content (AvgIpc) is 3.43. The molecule has 1 amide bonds. The summed E-state index contributed by atoms with van der Waals surface area (Å²) in [5.74, 6) is -0.670. The number of nitrogens with one attached hydrogen (secondary N) is 1. The third-order valence-corrected chi connectivity index (χ3v) is 8.25. The molecule has 1 aromatic heterocycles. The van der Waals surface area contributed by atoms with Crippen molar-refractivity contribution in [3.63, 3.8) is 0 Å². The van der Waals surface area contributed by atoms with E-state index in [1.165, 1.54) is 36.4 Å². The number of ether oxygens (including phenoxy) is 3. The largest absolute Gasteiger partial charge is 0.586 e. The molecule has 1 saturated carbocycles. The van der Waals surface area contributed by atoms with Crippen molar-refractivity contribution in [1.82, 2.24) is 9.71 Å². The molecule has 1 aliphatic carbocycles. The number of carbonyl (C=O) groups is 1. The van der Waals surface area contributed by atoms with Gasteiger partial charge < -0.3 is 24.2 Å². The van der Waals surface area contributed by atoms with Gasteiger partial charge in [-0.2, -0.15) is 8.42 Å². The van der Waals surface area contributed by atoms with Crippen LogP contribution in [0.1, 0.15) is 19.3 Å². The highest BCUT2D eigenvalue weighted by Crippen LogP contribution is 2.47. The molecule has 2 aliphatic heterocycles. The predicted octanol–water partition coefficient (Wildman–Crippen LogP) is 3.71. The first-order valence-corrected chi connectivity index (χ1v) is 14.2. The molecule has 3 heterocycles. The molecule has 2 fully saturated rings. The second-order valence-electron chi connectivity index (χ2n) is 9.72. The number of hydrogen-bond donors (Lipinski definition) is 2. The van der Waals surface area contributed by atoms with Gasteiger partial charge in [-0.25, -0.2) is 9.71 Å². The number of benzene rings is 2. The number of aliphatic hydroxyl groups excluding tert-OH is 1. The number of amides is 1. The Labute approximate surface area is 232 Å². The van der Waals surface area contributed by atoms with Crippen molar-refractivity contribution < 1.29 is 41.3 Å². The van der Waals surface area contributed by atoms with Gasteiger partial charge in [0, 0.05) is 36.5 Å². The maximum atomic E-state index is 13.5. The van der Waals surface area contributed by atoms with Crippen molar-refractivity contribution >= 4 is 33.3 Å². The van der Waals surface area contributed by atoms with Gasteiger partial charge in [0.1, 0.15) is 11.6 Å². The van der Waals surface area contributed by atoms with Gasteiger partial charge in [0.2, 0.25) is 0 Å². The summed E-state index contributed by atoms with van der Waals surface area (Å²) in [5, 5.41) is 9.72. The lowest BCUT2D eigenvalue weighted by Crippen LogP contribution is -2.43. The van der Waals surface area contributed by atoms with Crippen LogP contribution in [0.5, 0.6) is 17.2 Å². The van der Waals surface area contributed by atoms with Crippen LogP contribution in [0.15, 0.2) is 59.6 Å². The van der Waals surface area contributed by atoms with Gasteiger partial charge in [-0.05, 0) is 54.4 Å². The molecule has 40 heavy (non-hydrogen) atoms. The Bertz CT molecular complexity index is 1620. The molecular weight excluding hydrogens is 572 g/mol. The lowest BCUT2D eigenvalue weighted by Gasteiger charge is -2.21. The highest BCUT2D eigenvalue weighted by Gasteiger charge is 2.54. The fraction of sp³-hybridized carbons (Fsp3) is 0.308. The minimum absolute atomic E-state index is 0.132. The molecule has 0 radical (unpaired) electrons. The van der Waals surface area contributed by atoms with E-state index < -0.39 is 33.9 Å². The fourth-order valence-electron chi connectivity index (χ4n) is 4.58. The number of β-amino-alcohol motifs (C(OH)–C–C–N with tert-alkyl or cyclic N) is 1. The highest BCUT2D eigenvalue weighted by atomic mass is 35.5. The minimum atomic E-state index is -4.36. The van der Waals surface area contributed by atoms with E-state index in [0.717, 1.165) is 0 Å². The first kappa shape index (κ1) is 26.5. The summed E-state index contributed by atoms with van der Waals surface area (Å²) in [6, 6.07) is 13.2. The number of pyridine rings is 1. The normalized spacial score (nSPS) is 20.3. The van der Waals surface area contributed by atoms with Crippen LogP contribution < -0.4 is 23.8 Å². The van der Waals surface area contributed by atoms with E-state index in [1.807, 2.05) is 0 Å². The second-order valence-corrected chi connectivity index (χ2v) is 11.8. The number of rotatable bonds is 7. The molecule has 0 bridgehead atoms. The monoisotopic (exact) mass is 593 g/mol. The standard InChI is InChI=1S/C26H22ClF2N3O7S/c27-16-5-6-18(15-4-7-19-21(12-15)39-26(28,29)38-19)20(13-16)37-25(9-10-25)24(34)31-40(35,36)23-3-1-2-22(30-23)32-11-8-17(33)14-32/h1-7,12-13,17,33H,8-11,14H2,(H,31,34)/t17-/m0/s1. The molecule has 210 valence electrons. The van der Waals surface area contributed by atoms with Crippen LogP contribution in [0, 0.1) is 0 Å². The molecule has 10 nitrogen and oxygen atoms in total. The van der Waals surface area contributed by atoms with Crippen molar-refractivity contribution in [2.45, 2.75) is 42.3 Å². The predicted molar refractivity (Wildman–Crippen MR) is 138 cm³/mol. The molecule has 1 saturated heterocycles. The number of anilines is 1. The topological polar surface area (TPSA) is 127 Å². The van der Waals surface area contributed by atoms with Crippen LogP contribution in [0.3, 0.4) is 0 Å². The number of nitrogens with zero attached hydrogens (tertiary/aromatic N) is 2. The van der Waals surface area contributed by atoms with Gasteiger partial charge in [-0.3, -0.25) is 4.79 Å². The van der Waals surface area contributed by atoms with E-state index >= 15 is 0 Å². The maximum absolute atomic E-state index is 13.5. The van der Waals surface area contributed by atoms with Crippen molar-refractivity contribution in [2.75, 3.05) is 18.0 Å². The van der Waals surface area contributed by atoms with E-state index in [1.54, 1.807) is 23.1 Å². The smallest absolute Gasteiger partial charge is 0.477 e. The van der Waals surface area contributed by atoms with Gasteiger partial charge >= 0.3 is 6.29 Å². The Hall–Kier alpha value is -3.68. The zero-order chi connectivity index (χ0) is 28.3. The van der Waals surface area contributed by atoms with E-state index in [4.69, 9.17) is 16.3 Å². The zero-order valence-corrected chi connectivity index (χ0v) is 22.2. The number of halogens is 3. The van der Waals surface area contributed by atoms with Crippen LogP contribution in [-0.2, 0) is 14.8 Å². The molecule has 2 N–H and O–H groups in total. The maximum Gasteiger partial charge on any atom is 0.586 e.